The molecule has 23 heavy (non-hydrogen) atoms. The van der Waals surface area contributed by atoms with Gasteiger partial charge in [-0.15, -0.1) is 23.7 Å². The Labute approximate surface area is 140 Å². The van der Waals surface area contributed by atoms with Crippen LogP contribution in [0.25, 0.3) is 0 Å². The van der Waals surface area contributed by atoms with Gasteiger partial charge in [0.25, 0.3) is 5.91 Å². The lowest BCUT2D eigenvalue weighted by molar-refractivity contribution is -0.134. The largest absolute Gasteiger partial charge is 0.427 e. The topological polar surface area (TPSA) is 68.0 Å². The number of nitrogens with two attached hydrogens (primary N) is 1. The number of fused-ring (bicyclic) bond motifs is 1. The number of halogens is 4. The number of hydrogen-bond donors (Lipinski definition) is 2. The molecule has 3 N–H and O–H groups in total. The minimum atomic E-state index is -4.59. The summed E-state index contributed by atoms with van der Waals surface area (Å²) >= 11 is 0.403. The van der Waals surface area contributed by atoms with Crippen LogP contribution >= 0.6 is 23.7 Å². The summed E-state index contributed by atoms with van der Waals surface area (Å²) in [6.45, 7) is 0. The predicted molar refractivity (Wildman–Crippen MR) is 82.7 cm³/mol. The number of carbonyl (C=O) groups is 1. The summed E-state index contributed by atoms with van der Waals surface area (Å²) in [6.07, 6.45) is -4.09. The van der Waals surface area contributed by atoms with E-state index < -0.39 is 34.7 Å². The second-order valence-electron chi connectivity index (χ2n) is 5.04. The summed E-state index contributed by atoms with van der Waals surface area (Å²) in [5, 5.41) is 2.57. The van der Waals surface area contributed by atoms with Crippen LogP contribution in [-0.2, 0) is 12.6 Å². The second-order valence-corrected chi connectivity index (χ2v) is 5.89. The molecular weight excluding hydrogens is 351 g/mol. The van der Waals surface area contributed by atoms with Crippen molar-refractivity contribution in [3.8, 4) is 0 Å². The molecule has 9 heteroatoms. The molecule has 4 nitrogen and oxygen atoms in total. The lowest BCUT2D eigenvalue weighted by atomic mass is 10.1. The van der Waals surface area contributed by atoms with Crippen molar-refractivity contribution in [3.63, 3.8) is 0 Å². The molecule has 124 valence electrons. The van der Waals surface area contributed by atoms with Crippen LogP contribution in [0.3, 0.4) is 0 Å². The van der Waals surface area contributed by atoms with E-state index in [1.54, 1.807) is 0 Å². The van der Waals surface area contributed by atoms with Crippen molar-refractivity contribution in [2.45, 2.75) is 24.7 Å². The Hall–Kier alpha value is -1.64. The summed E-state index contributed by atoms with van der Waals surface area (Å²) in [5.74, 6) is -0.846. The number of hydrogen-bond acceptors (Lipinski definition) is 4. The number of benzene rings is 1. The third-order valence-corrected chi connectivity index (χ3v) is 4.52. The first-order valence-corrected chi connectivity index (χ1v) is 7.41. The molecule has 2 atom stereocenters. The second kappa shape index (κ2) is 6.46. The van der Waals surface area contributed by atoms with Crippen molar-refractivity contribution < 1.29 is 18.0 Å². The normalized spacial score (nSPS) is 19.8. The summed E-state index contributed by atoms with van der Waals surface area (Å²) in [7, 11) is 0. The number of aromatic nitrogens is 1. The Morgan fingerprint density at radius 2 is 2.04 bits per heavy atom. The minimum absolute atomic E-state index is 0. The standard InChI is InChI=1S/C14H12F3N3OS.ClH/c15-14(16,17)12-11(19-6-22-12)13(21)20-9-5-7-3-1-2-4-8(7)10(9)18;/h1-4,6,9-10H,5,18H2,(H,20,21);1H/t9-,10-;/m1./s1. The molecule has 0 spiro atoms. The van der Waals surface area contributed by atoms with Crippen LogP contribution in [-0.4, -0.2) is 16.9 Å². The van der Waals surface area contributed by atoms with E-state index in [1.807, 2.05) is 24.3 Å². The highest BCUT2D eigenvalue weighted by molar-refractivity contribution is 7.10. The van der Waals surface area contributed by atoms with E-state index in [0.29, 0.717) is 17.8 Å². The van der Waals surface area contributed by atoms with Crippen LogP contribution in [0.15, 0.2) is 29.8 Å². The summed E-state index contributed by atoms with van der Waals surface area (Å²) in [6, 6.07) is 6.57. The highest BCUT2D eigenvalue weighted by atomic mass is 35.5. The molecule has 0 fully saturated rings. The number of nitrogens with one attached hydrogen (secondary N) is 1. The van der Waals surface area contributed by atoms with E-state index in [1.165, 1.54) is 0 Å². The first-order valence-electron chi connectivity index (χ1n) is 6.53. The van der Waals surface area contributed by atoms with Gasteiger partial charge >= 0.3 is 6.18 Å². The number of nitrogens with zero attached hydrogens (tertiary/aromatic N) is 1. The highest BCUT2D eigenvalue weighted by Gasteiger charge is 2.39. The number of rotatable bonds is 2. The van der Waals surface area contributed by atoms with Crippen LogP contribution in [0.4, 0.5) is 13.2 Å². The Morgan fingerprint density at radius 3 is 2.70 bits per heavy atom. The van der Waals surface area contributed by atoms with Crippen molar-refractivity contribution in [2.24, 2.45) is 5.73 Å². The molecule has 1 heterocycles. The number of thiazole rings is 1. The lowest BCUT2D eigenvalue weighted by Gasteiger charge is -2.18. The van der Waals surface area contributed by atoms with Crippen molar-refractivity contribution in [1.29, 1.82) is 0 Å². The number of carbonyl (C=O) groups excluding carboxylic acids is 1. The SMILES string of the molecule is Cl.N[C@@H]1c2ccccc2C[C@H]1NC(=O)c1ncsc1C(F)(F)F. The first kappa shape index (κ1) is 17.7. The van der Waals surface area contributed by atoms with Crippen molar-refractivity contribution >= 4 is 29.7 Å². The third-order valence-electron chi connectivity index (χ3n) is 3.64. The molecule has 1 aromatic carbocycles. The van der Waals surface area contributed by atoms with Gasteiger partial charge in [0.15, 0.2) is 5.69 Å². The summed E-state index contributed by atoms with van der Waals surface area (Å²) in [4.78, 5) is 14.7. The van der Waals surface area contributed by atoms with Crippen LogP contribution in [0, 0.1) is 0 Å². The lowest BCUT2D eigenvalue weighted by Crippen LogP contribution is -2.41. The molecule has 1 aliphatic carbocycles. The molecule has 1 aliphatic rings. The van der Waals surface area contributed by atoms with E-state index in [0.717, 1.165) is 16.6 Å². The zero-order chi connectivity index (χ0) is 15.9. The van der Waals surface area contributed by atoms with Crippen molar-refractivity contribution in [2.75, 3.05) is 0 Å². The molecule has 0 aliphatic heterocycles. The number of amides is 1. The average Bonchev–Trinajstić information content (AvgIpc) is 3.05. The van der Waals surface area contributed by atoms with Gasteiger partial charge in [-0.05, 0) is 17.5 Å². The van der Waals surface area contributed by atoms with Crippen molar-refractivity contribution in [3.05, 3.63) is 51.5 Å². The zero-order valence-corrected chi connectivity index (χ0v) is 13.3. The van der Waals surface area contributed by atoms with Gasteiger partial charge in [0.2, 0.25) is 0 Å². The van der Waals surface area contributed by atoms with Gasteiger partial charge in [-0.3, -0.25) is 4.79 Å². The fourth-order valence-corrected chi connectivity index (χ4v) is 3.27. The van der Waals surface area contributed by atoms with E-state index in [4.69, 9.17) is 5.73 Å². The minimum Gasteiger partial charge on any atom is -0.346 e. The first-order chi connectivity index (χ1) is 10.4. The average molecular weight is 364 g/mol. The van der Waals surface area contributed by atoms with Gasteiger partial charge in [-0.25, -0.2) is 4.98 Å². The quantitative estimate of drug-likeness (QED) is 0.862. The molecule has 0 bridgehead atoms. The predicted octanol–water partition coefficient (Wildman–Crippen LogP) is 2.94. The van der Waals surface area contributed by atoms with Gasteiger partial charge in [0.05, 0.1) is 17.6 Å². The smallest absolute Gasteiger partial charge is 0.346 e. The molecule has 0 saturated carbocycles. The van der Waals surface area contributed by atoms with E-state index in [-0.39, 0.29) is 12.4 Å². The van der Waals surface area contributed by atoms with E-state index in [9.17, 15) is 18.0 Å². The maximum atomic E-state index is 12.8. The molecule has 0 unspecified atom stereocenters. The molecule has 3 rings (SSSR count). The molecule has 1 aromatic heterocycles. The fraction of sp³-hybridized carbons (Fsp3) is 0.286. The Morgan fingerprint density at radius 1 is 1.35 bits per heavy atom. The monoisotopic (exact) mass is 363 g/mol. The zero-order valence-electron chi connectivity index (χ0n) is 11.6. The summed E-state index contributed by atoms with van der Waals surface area (Å²) in [5.41, 5.74) is 8.38. The van der Waals surface area contributed by atoms with Gasteiger partial charge in [0.1, 0.15) is 4.88 Å². The van der Waals surface area contributed by atoms with E-state index >= 15 is 0 Å². The van der Waals surface area contributed by atoms with Gasteiger partial charge in [0, 0.05) is 0 Å². The fourth-order valence-electron chi connectivity index (χ4n) is 2.61. The Balaban J connectivity index is 0.00000192. The summed E-state index contributed by atoms with van der Waals surface area (Å²) < 4.78 is 38.4. The van der Waals surface area contributed by atoms with Crippen LogP contribution < -0.4 is 11.1 Å². The maximum Gasteiger partial charge on any atom is 0.427 e. The molecule has 1 amide bonds. The highest BCUT2D eigenvalue weighted by Crippen LogP contribution is 2.35. The van der Waals surface area contributed by atoms with Crippen LogP contribution in [0.5, 0.6) is 0 Å². The molecule has 2 aromatic rings. The van der Waals surface area contributed by atoms with E-state index in [2.05, 4.69) is 10.3 Å². The molecular formula is C14H13ClF3N3OS. The Kier molecular flexibility index (Phi) is 4.98. The van der Waals surface area contributed by atoms with Crippen molar-refractivity contribution in [1.82, 2.24) is 10.3 Å². The van der Waals surface area contributed by atoms with Crippen LogP contribution in [0.2, 0.25) is 0 Å². The Bertz CT molecular complexity index is 719. The maximum absolute atomic E-state index is 12.8. The molecule has 0 saturated heterocycles. The van der Waals surface area contributed by atoms with Gasteiger partial charge in [-0.1, -0.05) is 24.3 Å². The van der Waals surface area contributed by atoms with Gasteiger partial charge in [-0.2, -0.15) is 13.2 Å². The van der Waals surface area contributed by atoms with Gasteiger partial charge < -0.3 is 11.1 Å². The molecule has 0 radical (unpaired) electrons. The van der Waals surface area contributed by atoms with Crippen LogP contribution in [0.1, 0.15) is 32.5 Å². The third kappa shape index (κ3) is 3.34. The number of alkyl halides is 3.